The monoisotopic (exact) mass is 263 g/mol. The Labute approximate surface area is 110 Å². The van der Waals surface area contributed by atoms with E-state index in [4.69, 9.17) is 10.2 Å². The Kier molecular flexibility index (Phi) is 2.86. The van der Waals surface area contributed by atoms with Gasteiger partial charge in [-0.2, -0.15) is 16.7 Å². The lowest BCUT2D eigenvalue weighted by molar-refractivity contribution is 0.586. The van der Waals surface area contributed by atoms with Crippen molar-refractivity contribution in [3.05, 3.63) is 18.2 Å². The maximum atomic E-state index is 5.72. The molecule has 0 amide bonds. The first-order chi connectivity index (χ1) is 8.65. The second-order valence-electron chi connectivity index (χ2n) is 5.00. The summed E-state index contributed by atoms with van der Waals surface area (Å²) in [6, 6.07) is 6.11. The zero-order valence-corrected chi connectivity index (χ0v) is 11.2. The van der Waals surface area contributed by atoms with Crippen LogP contribution in [0.25, 0.3) is 11.1 Å². The highest BCUT2D eigenvalue weighted by Gasteiger charge is 2.29. The molecule has 1 saturated heterocycles. The van der Waals surface area contributed by atoms with Crippen molar-refractivity contribution in [2.45, 2.75) is 24.5 Å². The van der Waals surface area contributed by atoms with E-state index in [9.17, 15) is 0 Å². The summed E-state index contributed by atoms with van der Waals surface area (Å²) in [5.41, 5.74) is 8.00. The highest BCUT2D eigenvalue weighted by atomic mass is 32.2. The number of nitrogen functional groups attached to an aromatic ring is 1. The molecule has 1 aliphatic rings. The number of benzene rings is 1. The standard InChI is InChI=1S/C13H17N3OS/c1-13(5-2-6-18-13)8-15-12-16-10-4-3-9(14)7-11(10)17-12/h3-4,7H,2,5-6,8,14H2,1H3,(H,15,16). The second-order valence-corrected chi connectivity index (χ2v) is 6.68. The number of anilines is 2. The van der Waals surface area contributed by atoms with Gasteiger partial charge >= 0.3 is 0 Å². The minimum atomic E-state index is 0.305. The van der Waals surface area contributed by atoms with E-state index in [2.05, 4.69) is 17.2 Å². The summed E-state index contributed by atoms with van der Waals surface area (Å²) in [4.78, 5) is 4.40. The number of nitrogens with zero attached hydrogens (tertiary/aromatic N) is 1. The van der Waals surface area contributed by atoms with E-state index in [1.807, 2.05) is 23.9 Å². The van der Waals surface area contributed by atoms with Crippen LogP contribution >= 0.6 is 11.8 Å². The van der Waals surface area contributed by atoms with Gasteiger partial charge in [-0.05, 0) is 37.7 Å². The lowest BCUT2D eigenvalue weighted by Gasteiger charge is -2.21. The minimum Gasteiger partial charge on any atom is -0.423 e. The molecular formula is C13H17N3OS. The second kappa shape index (κ2) is 4.39. The SMILES string of the molecule is CC1(CNc2nc3ccc(N)cc3o2)CCCS1. The number of nitrogens with one attached hydrogen (secondary N) is 1. The molecule has 2 heterocycles. The molecule has 1 unspecified atom stereocenters. The van der Waals surface area contributed by atoms with Gasteiger partial charge in [0.15, 0.2) is 5.58 Å². The van der Waals surface area contributed by atoms with Gasteiger partial charge in [0.1, 0.15) is 5.52 Å². The molecule has 1 aliphatic heterocycles. The largest absolute Gasteiger partial charge is 0.423 e. The van der Waals surface area contributed by atoms with Crippen LogP contribution in [-0.2, 0) is 0 Å². The fourth-order valence-corrected chi connectivity index (χ4v) is 3.50. The fraction of sp³-hybridized carbons (Fsp3) is 0.462. The van der Waals surface area contributed by atoms with E-state index in [0.717, 1.165) is 17.6 Å². The Balaban J connectivity index is 1.74. The minimum absolute atomic E-state index is 0.305. The third-order valence-electron chi connectivity index (χ3n) is 3.33. The summed E-state index contributed by atoms with van der Waals surface area (Å²) in [7, 11) is 0. The Morgan fingerprint density at radius 1 is 1.56 bits per heavy atom. The van der Waals surface area contributed by atoms with Crippen molar-refractivity contribution in [2.24, 2.45) is 0 Å². The topological polar surface area (TPSA) is 64.1 Å². The van der Waals surface area contributed by atoms with Crippen molar-refractivity contribution in [1.29, 1.82) is 0 Å². The number of aromatic nitrogens is 1. The van der Waals surface area contributed by atoms with Gasteiger partial charge in [0, 0.05) is 23.0 Å². The average molecular weight is 263 g/mol. The third kappa shape index (κ3) is 2.27. The van der Waals surface area contributed by atoms with Crippen LogP contribution < -0.4 is 11.1 Å². The predicted octanol–water partition coefficient (Wildman–Crippen LogP) is 3.11. The lowest BCUT2D eigenvalue weighted by Crippen LogP contribution is -2.27. The first-order valence-electron chi connectivity index (χ1n) is 6.19. The van der Waals surface area contributed by atoms with Gasteiger partial charge in [0.05, 0.1) is 0 Å². The van der Waals surface area contributed by atoms with Gasteiger partial charge in [-0.1, -0.05) is 0 Å². The van der Waals surface area contributed by atoms with Crippen LogP contribution in [-0.4, -0.2) is 22.0 Å². The molecule has 1 aromatic heterocycles. The summed E-state index contributed by atoms with van der Waals surface area (Å²) in [6.45, 7) is 3.18. The van der Waals surface area contributed by atoms with Gasteiger partial charge in [-0.25, -0.2) is 0 Å². The van der Waals surface area contributed by atoms with E-state index in [1.54, 1.807) is 6.07 Å². The first-order valence-corrected chi connectivity index (χ1v) is 7.17. The molecule has 5 heteroatoms. The van der Waals surface area contributed by atoms with Crippen LogP contribution in [0.2, 0.25) is 0 Å². The molecule has 0 bridgehead atoms. The molecule has 2 aromatic rings. The summed E-state index contributed by atoms with van der Waals surface area (Å²) >= 11 is 2.02. The molecule has 0 radical (unpaired) electrons. The van der Waals surface area contributed by atoms with Crippen LogP contribution in [0.4, 0.5) is 11.7 Å². The summed E-state index contributed by atoms with van der Waals surface area (Å²) in [5.74, 6) is 1.25. The number of hydrogen-bond donors (Lipinski definition) is 2. The predicted molar refractivity (Wildman–Crippen MR) is 77.0 cm³/mol. The van der Waals surface area contributed by atoms with Gasteiger partial charge in [-0.15, -0.1) is 0 Å². The van der Waals surface area contributed by atoms with Gasteiger partial charge in [0.25, 0.3) is 6.01 Å². The Morgan fingerprint density at radius 2 is 2.44 bits per heavy atom. The van der Waals surface area contributed by atoms with Crippen LogP contribution in [0, 0.1) is 0 Å². The first kappa shape index (κ1) is 11.7. The van der Waals surface area contributed by atoms with Gasteiger partial charge in [0.2, 0.25) is 0 Å². The highest BCUT2D eigenvalue weighted by molar-refractivity contribution is 8.00. The fourth-order valence-electron chi connectivity index (χ4n) is 2.26. The quantitative estimate of drug-likeness (QED) is 0.833. The van der Waals surface area contributed by atoms with Gasteiger partial charge < -0.3 is 15.5 Å². The van der Waals surface area contributed by atoms with Crippen LogP contribution in [0.3, 0.4) is 0 Å². The van der Waals surface area contributed by atoms with Crippen molar-refractivity contribution < 1.29 is 4.42 Å². The summed E-state index contributed by atoms with van der Waals surface area (Å²) < 4.78 is 5.95. The van der Waals surface area contributed by atoms with E-state index in [0.29, 0.717) is 16.4 Å². The van der Waals surface area contributed by atoms with Crippen molar-refractivity contribution in [3.63, 3.8) is 0 Å². The lowest BCUT2D eigenvalue weighted by atomic mass is 10.1. The Morgan fingerprint density at radius 3 is 3.22 bits per heavy atom. The number of hydrogen-bond acceptors (Lipinski definition) is 5. The van der Waals surface area contributed by atoms with E-state index < -0.39 is 0 Å². The molecule has 0 spiro atoms. The molecule has 18 heavy (non-hydrogen) atoms. The maximum absolute atomic E-state index is 5.72. The molecule has 3 rings (SSSR count). The molecule has 1 aromatic carbocycles. The van der Waals surface area contributed by atoms with E-state index >= 15 is 0 Å². The molecular weight excluding hydrogens is 246 g/mol. The normalized spacial score (nSPS) is 23.6. The molecule has 3 N–H and O–H groups in total. The molecule has 4 nitrogen and oxygen atoms in total. The van der Waals surface area contributed by atoms with Crippen molar-refractivity contribution in [1.82, 2.24) is 4.98 Å². The molecule has 0 aliphatic carbocycles. The van der Waals surface area contributed by atoms with E-state index in [1.165, 1.54) is 18.6 Å². The number of thioether (sulfide) groups is 1. The Hall–Kier alpha value is -1.36. The molecule has 0 saturated carbocycles. The number of rotatable bonds is 3. The van der Waals surface area contributed by atoms with Crippen LogP contribution in [0.15, 0.2) is 22.6 Å². The summed E-state index contributed by atoms with van der Waals surface area (Å²) in [6.07, 6.45) is 2.55. The van der Waals surface area contributed by atoms with Crippen molar-refractivity contribution in [3.8, 4) is 0 Å². The molecule has 1 atom stereocenters. The third-order valence-corrected chi connectivity index (χ3v) is 4.86. The number of fused-ring (bicyclic) bond motifs is 1. The van der Waals surface area contributed by atoms with Crippen LogP contribution in [0.1, 0.15) is 19.8 Å². The van der Waals surface area contributed by atoms with Crippen molar-refractivity contribution in [2.75, 3.05) is 23.3 Å². The zero-order valence-electron chi connectivity index (χ0n) is 10.4. The zero-order chi connectivity index (χ0) is 12.6. The van der Waals surface area contributed by atoms with Crippen LogP contribution in [0.5, 0.6) is 0 Å². The van der Waals surface area contributed by atoms with Gasteiger partial charge in [-0.3, -0.25) is 0 Å². The average Bonchev–Trinajstić information content (AvgIpc) is 2.93. The number of oxazole rings is 1. The molecule has 96 valence electrons. The van der Waals surface area contributed by atoms with E-state index in [-0.39, 0.29) is 0 Å². The number of nitrogens with two attached hydrogens (primary N) is 1. The Bertz CT molecular complexity index is 560. The summed E-state index contributed by atoms with van der Waals surface area (Å²) in [5, 5.41) is 3.30. The smallest absolute Gasteiger partial charge is 0.295 e. The van der Waals surface area contributed by atoms with Crippen molar-refractivity contribution >= 4 is 34.6 Å². The maximum Gasteiger partial charge on any atom is 0.295 e. The molecule has 1 fully saturated rings. The highest BCUT2D eigenvalue weighted by Crippen LogP contribution is 2.37.